The van der Waals surface area contributed by atoms with E-state index >= 15 is 0 Å². The van der Waals surface area contributed by atoms with Crippen LogP contribution >= 0.6 is 0 Å². The van der Waals surface area contributed by atoms with Crippen LogP contribution in [0.4, 0.5) is 14.5 Å². The molecule has 1 aliphatic rings. The highest BCUT2D eigenvalue weighted by molar-refractivity contribution is 5.96. The minimum atomic E-state index is -0.925. The first-order valence-electron chi connectivity index (χ1n) is 9.16. The van der Waals surface area contributed by atoms with Gasteiger partial charge in [-0.2, -0.15) is 10.2 Å². The minimum Gasteiger partial charge on any atom is -0.324 e. The van der Waals surface area contributed by atoms with Crippen molar-refractivity contribution in [3.05, 3.63) is 83.2 Å². The van der Waals surface area contributed by atoms with Gasteiger partial charge in [0.1, 0.15) is 0 Å². The van der Waals surface area contributed by atoms with Gasteiger partial charge in [-0.1, -0.05) is 24.3 Å². The van der Waals surface area contributed by atoms with Crippen LogP contribution in [0.1, 0.15) is 35.8 Å². The third-order valence-corrected chi connectivity index (χ3v) is 4.86. The van der Waals surface area contributed by atoms with Gasteiger partial charge in [-0.25, -0.2) is 8.78 Å². The monoisotopic (exact) mass is 392 g/mol. The molecule has 2 heterocycles. The SMILES string of the molecule is Cc1cc(NC(=O)C2N=NC(C)c3ccc(-c4cccc(F)c4F)cc32)ccn1. The van der Waals surface area contributed by atoms with Crippen molar-refractivity contribution in [1.29, 1.82) is 0 Å². The molecule has 0 bridgehead atoms. The van der Waals surface area contributed by atoms with Crippen molar-refractivity contribution in [2.75, 3.05) is 5.32 Å². The lowest BCUT2D eigenvalue weighted by Gasteiger charge is -2.23. The Morgan fingerprint density at radius 1 is 1.03 bits per heavy atom. The summed E-state index contributed by atoms with van der Waals surface area (Å²) in [5.41, 5.74) is 3.43. The Labute approximate surface area is 166 Å². The molecule has 0 saturated carbocycles. The van der Waals surface area contributed by atoms with Crippen molar-refractivity contribution >= 4 is 11.6 Å². The van der Waals surface area contributed by atoms with Gasteiger partial charge in [0, 0.05) is 23.1 Å². The molecular weight excluding hydrogens is 374 g/mol. The number of halogens is 2. The maximum Gasteiger partial charge on any atom is 0.255 e. The van der Waals surface area contributed by atoms with E-state index in [9.17, 15) is 13.6 Å². The molecule has 3 aromatic rings. The molecule has 0 spiro atoms. The van der Waals surface area contributed by atoms with E-state index in [2.05, 4.69) is 20.5 Å². The molecule has 7 heteroatoms. The number of amides is 1. The first-order valence-corrected chi connectivity index (χ1v) is 9.16. The molecule has 0 radical (unpaired) electrons. The average molecular weight is 392 g/mol. The number of azo groups is 1. The lowest BCUT2D eigenvalue weighted by molar-refractivity contribution is -0.117. The Kier molecular flexibility index (Phi) is 4.88. The zero-order valence-corrected chi connectivity index (χ0v) is 15.9. The molecule has 2 atom stereocenters. The maximum atomic E-state index is 14.3. The molecule has 1 N–H and O–H groups in total. The number of pyridine rings is 1. The highest BCUT2D eigenvalue weighted by Gasteiger charge is 2.29. The Morgan fingerprint density at radius 3 is 2.66 bits per heavy atom. The van der Waals surface area contributed by atoms with Gasteiger partial charge < -0.3 is 5.32 Å². The summed E-state index contributed by atoms with van der Waals surface area (Å²) in [6.07, 6.45) is 1.61. The number of carbonyl (C=O) groups is 1. The molecule has 1 aromatic heterocycles. The van der Waals surface area contributed by atoms with Crippen LogP contribution in [-0.4, -0.2) is 10.9 Å². The third kappa shape index (κ3) is 3.63. The quantitative estimate of drug-likeness (QED) is 0.636. The van der Waals surface area contributed by atoms with Crippen molar-refractivity contribution in [3.8, 4) is 11.1 Å². The van der Waals surface area contributed by atoms with Crippen molar-refractivity contribution in [2.24, 2.45) is 10.2 Å². The molecular formula is C22H18F2N4O. The summed E-state index contributed by atoms with van der Waals surface area (Å²) in [6.45, 7) is 3.69. The Balaban J connectivity index is 1.72. The molecule has 4 rings (SSSR count). The second kappa shape index (κ2) is 7.50. The molecule has 29 heavy (non-hydrogen) atoms. The van der Waals surface area contributed by atoms with Gasteiger partial charge in [-0.15, -0.1) is 0 Å². The van der Waals surface area contributed by atoms with Crippen LogP contribution in [0.15, 0.2) is 65.0 Å². The van der Waals surface area contributed by atoms with Gasteiger partial charge in [-0.3, -0.25) is 9.78 Å². The second-order valence-electron chi connectivity index (χ2n) is 6.93. The summed E-state index contributed by atoms with van der Waals surface area (Å²) in [4.78, 5) is 17.0. The van der Waals surface area contributed by atoms with Gasteiger partial charge >= 0.3 is 0 Å². The van der Waals surface area contributed by atoms with Gasteiger partial charge in [0.25, 0.3) is 5.91 Å². The Morgan fingerprint density at radius 2 is 1.86 bits per heavy atom. The van der Waals surface area contributed by atoms with E-state index in [0.29, 0.717) is 16.8 Å². The number of fused-ring (bicyclic) bond motifs is 1. The van der Waals surface area contributed by atoms with E-state index in [1.165, 1.54) is 12.1 Å². The standard InChI is InChI=1S/C22H18F2N4O/c1-12-10-15(8-9-25-12)26-22(29)21-18-11-14(6-7-16(18)13(2)27-28-21)17-4-3-5-19(23)20(17)24/h3-11,13,21H,1-2H3,(H,25,26,29). The molecule has 1 aliphatic heterocycles. The van der Waals surface area contributed by atoms with Crippen molar-refractivity contribution < 1.29 is 13.6 Å². The second-order valence-corrected chi connectivity index (χ2v) is 6.93. The fraction of sp³-hybridized carbons (Fsp3) is 0.182. The first-order chi connectivity index (χ1) is 13.9. The fourth-order valence-corrected chi connectivity index (χ4v) is 3.40. The van der Waals surface area contributed by atoms with Crippen molar-refractivity contribution in [1.82, 2.24) is 4.98 Å². The van der Waals surface area contributed by atoms with E-state index in [1.807, 2.05) is 13.8 Å². The predicted octanol–water partition coefficient (Wildman–Crippen LogP) is 5.54. The zero-order valence-electron chi connectivity index (χ0n) is 15.9. The number of aromatic nitrogens is 1. The molecule has 2 unspecified atom stereocenters. The van der Waals surface area contributed by atoms with Gasteiger partial charge in [0.05, 0.1) is 6.04 Å². The normalized spacial score (nSPS) is 17.7. The van der Waals surface area contributed by atoms with Crippen LogP contribution in [0.25, 0.3) is 11.1 Å². The fourth-order valence-electron chi connectivity index (χ4n) is 3.40. The van der Waals surface area contributed by atoms with Crippen LogP contribution in [0.5, 0.6) is 0 Å². The number of rotatable bonds is 3. The smallest absolute Gasteiger partial charge is 0.255 e. The van der Waals surface area contributed by atoms with Gasteiger partial charge in [-0.05, 0) is 54.8 Å². The molecule has 2 aromatic carbocycles. The number of anilines is 1. The summed E-state index contributed by atoms with van der Waals surface area (Å²) in [5, 5.41) is 11.2. The highest BCUT2D eigenvalue weighted by atomic mass is 19.2. The van der Waals surface area contributed by atoms with E-state index in [1.54, 1.807) is 36.5 Å². The summed E-state index contributed by atoms with van der Waals surface area (Å²) in [5.74, 6) is -2.20. The zero-order chi connectivity index (χ0) is 20.5. The molecule has 146 valence electrons. The van der Waals surface area contributed by atoms with Crippen LogP contribution in [-0.2, 0) is 4.79 Å². The first kappa shape index (κ1) is 18.9. The maximum absolute atomic E-state index is 14.3. The highest BCUT2D eigenvalue weighted by Crippen LogP contribution is 2.38. The predicted molar refractivity (Wildman–Crippen MR) is 105 cm³/mol. The number of nitrogens with zero attached hydrogens (tertiary/aromatic N) is 3. The number of carbonyl (C=O) groups excluding carboxylic acids is 1. The molecule has 0 fully saturated rings. The van der Waals surface area contributed by atoms with Gasteiger partial charge in [0.2, 0.25) is 0 Å². The largest absolute Gasteiger partial charge is 0.324 e. The summed E-state index contributed by atoms with van der Waals surface area (Å²) < 4.78 is 27.9. The summed E-state index contributed by atoms with van der Waals surface area (Å²) >= 11 is 0. The van der Waals surface area contributed by atoms with Crippen LogP contribution in [0.3, 0.4) is 0 Å². The van der Waals surface area contributed by atoms with E-state index in [-0.39, 0.29) is 17.5 Å². The van der Waals surface area contributed by atoms with E-state index in [4.69, 9.17) is 0 Å². The summed E-state index contributed by atoms with van der Waals surface area (Å²) in [6, 6.07) is 11.5. The van der Waals surface area contributed by atoms with E-state index < -0.39 is 17.7 Å². The number of benzene rings is 2. The van der Waals surface area contributed by atoms with Crippen molar-refractivity contribution in [2.45, 2.75) is 25.9 Å². The average Bonchev–Trinajstić information content (AvgIpc) is 2.70. The molecule has 1 amide bonds. The Hall–Kier alpha value is -3.48. The topological polar surface area (TPSA) is 66.7 Å². The van der Waals surface area contributed by atoms with Crippen LogP contribution in [0, 0.1) is 18.6 Å². The number of nitrogens with one attached hydrogen (secondary N) is 1. The van der Waals surface area contributed by atoms with Gasteiger partial charge in [0.15, 0.2) is 17.7 Å². The number of aryl methyl sites for hydroxylation is 1. The Bertz CT molecular complexity index is 1130. The van der Waals surface area contributed by atoms with E-state index in [0.717, 1.165) is 17.3 Å². The molecule has 0 saturated heterocycles. The molecule has 5 nitrogen and oxygen atoms in total. The summed E-state index contributed by atoms with van der Waals surface area (Å²) in [7, 11) is 0. The van der Waals surface area contributed by atoms with Crippen molar-refractivity contribution in [3.63, 3.8) is 0 Å². The third-order valence-electron chi connectivity index (χ3n) is 4.86. The number of hydrogen-bond donors (Lipinski definition) is 1. The van der Waals surface area contributed by atoms with Crippen LogP contribution < -0.4 is 5.32 Å². The van der Waals surface area contributed by atoms with Crippen LogP contribution in [0.2, 0.25) is 0 Å². The minimum absolute atomic E-state index is 0.131. The lowest BCUT2D eigenvalue weighted by Crippen LogP contribution is -2.23. The lowest BCUT2D eigenvalue weighted by atomic mass is 9.90. The molecule has 0 aliphatic carbocycles. The number of hydrogen-bond acceptors (Lipinski definition) is 4.